The Bertz CT molecular complexity index is 827. The lowest BCUT2D eigenvalue weighted by atomic mass is 10.0. The van der Waals surface area contributed by atoms with E-state index in [0.29, 0.717) is 12.2 Å². The minimum Gasteiger partial charge on any atom is -0.494 e. The highest BCUT2D eigenvalue weighted by atomic mass is 16.5. The Morgan fingerprint density at radius 1 is 1.24 bits per heavy atom. The number of nitrogens with zero attached hydrogens (tertiary/aromatic N) is 3. The first-order valence-corrected chi connectivity index (χ1v) is 8.57. The number of carbonyl (C=O) groups excluding carboxylic acids is 1. The summed E-state index contributed by atoms with van der Waals surface area (Å²) in [6, 6.07) is 8.92. The van der Waals surface area contributed by atoms with Gasteiger partial charge in [-0.05, 0) is 45.2 Å². The monoisotopic (exact) mass is 341 g/mol. The Morgan fingerprint density at radius 2 is 1.96 bits per heavy atom. The number of rotatable bonds is 3. The predicted molar refractivity (Wildman–Crippen MR) is 95.5 cm³/mol. The van der Waals surface area contributed by atoms with Gasteiger partial charge in [-0.3, -0.25) is 9.59 Å². The van der Waals surface area contributed by atoms with E-state index in [9.17, 15) is 9.59 Å². The molecule has 1 atom stereocenters. The number of hydrogen-bond donors (Lipinski definition) is 0. The van der Waals surface area contributed by atoms with Gasteiger partial charge in [0.15, 0.2) is 11.4 Å². The van der Waals surface area contributed by atoms with E-state index in [1.54, 1.807) is 0 Å². The van der Waals surface area contributed by atoms with Gasteiger partial charge < -0.3 is 9.64 Å². The molecule has 1 fully saturated rings. The first-order chi connectivity index (χ1) is 12.0. The van der Waals surface area contributed by atoms with Crippen LogP contribution in [0.3, 0.4) is 0 Å². The van der Waals surface area contributed by atoms with Gasteiger partial charge in [0.05, 0.1) is 18.9 Å². The van der Waals surface area contributed by atoms with E-state index in [2.05, 4.69) is 5.10 Å². The van der Waals surface area contributed by atoms with Crippen molar-refractivity contribution in [3.63, 3.8) is 0 Å². The molecule has 0 N–H and O–H groups in total. The summed E-state index contributed by atoms with van der Waals surface area (Å²) in [6.45, 7) is 4.72. The van der Waals surface area contributed by atoms with Crippen LogP contribution in [0.1, 0.15) is 42.2 Å². The van der Waals surface area contributed by atoms with E-state index in [1.165, 1.54) is 17.9 Å². The van der Waals surface area contributed by atoms with Crippen LogP contribution in [0.4, 0.5) is 0 Å². The molecule has 6 heteroatoms. The Kier molecular flexibility index (Phi) is 4.88. The van der Waals surface area contributed by atoms with Crippen LogP contribution in [0, 0.1) is 6.92 Å². The molecule has 2 heterocycles. The van der Waals surface area contributed by atoms with Crippen LogP contribution in [0.25, 0.3) is 5.69 Å². The summed E-state index contributed by atoms with van der Waals surface area (Å²) in [5.74, 6) is 0.0287. The lowest BCUT2D eigenvalue weighted by Crippen LogP contribution is -2.43. The fourth-order valence-corrected chi connectivity index (χ4v) is 3.15. The maximum absolute atomic E-state index is 13.0. The van der Waals surface area contributed by atoms with Gasteiger partial charge in [-0.2, -0.15) is 9.78 Å². The maximum atomic E-state index is 13.0. The second kappa shape index (κ2) is 7.09. The summed E-state index contributed by atoms with van der Waals surface area (Å²) < 4.78 is 6.51. The number of amides is 1. The largest absolute Gasteiger partial charge is 0.494 e. The number of piperidine rings is 1. The summed E-state index contributed by atoms with van der Waals surface area (Å²) in [4.78, 5) is 27.2. The number of ether oxygens (including phenoxy) is 1. The summed E-state index contributed by atoms with van der Waals surface area (Å²) in [5, 5.41) is 4.34. The molecule has 2 aromatic rings. The van der Waals surface area contributed by atoms with Gasteiger partial charge in [0.1, 0.15) is 0 Å². The van der Waals surface area contributed by atoms with Gasteiger partial charge in [-0.15, -0.1) is 0 Å². The van der Waals surface area contributed by atoms with Gasteiger partial charge in [-0.25, -0.2) is 0 Å². The third-order valence-electron chi connectivity index (χ3n) is 4.66. The fourth-order valence-electron chi connectivity index (χ4n) is 3.15. The highest BCUT2D eigenvalue weighted by Crippen LogP contribution is 2.22. The molecule has 6 nitrogen and oxygen atoms in total. The molecule has 0 spiro atoms. The van der Waals surface area contributed by atoms with Crippen molar-refractivity contribution in [1.82, 2.24) is 14.7 Å². The number of aromatic nitrogens is 2. The number of methoxy groups -OCH3 is 1. The normalized spacial score (nSPS) is 17.4. The highest BCUT2D eigenvalue weighted by molar-refractivity contribution is 5.95. The Labute approximate surface area is 147 Å². The lowest BCUT2D eigenvalue weighted by molar-refractivity contribution is 0.0623. The van der Waals surface area contributed by atoms with Gasteiger partial charge in [0.2, 0.25) is 0 Å². The Morgan fingerprint density at radius 3 is 2.60 bits per heavy atom. The standard InChI is InChI=1S/C19H23N3O3/c1-13-7-9-15(10-8-13)22-17(23)12-16(25-3)18(20-22)19(24)21-11-5-4-6-14(21)2/h7-10,12,14H,4-6,11H2,1-3H3/t14-/m1/s1. The first kappa shape index (κ1) is 17.2. The zero-order valence-corrected chi connectivity index (χ0v) is 14.9. The third-order valence-corrected chi connectivity index (χ3v) is 4.66. The molecular formula is C19H23N3O3. The third kappa shape index (κ3) is 3.43. The van der Waals surface area contributed by atoms with Crippen LogP contribution >= 0.6 is 0 Å². The van der Waals surface area contributed by atoms with Crippen molar-refractivity contribution in [2.24, 2.45) is 0 Å². The summed E-state index contributed by atoms with van der Waals surface area (Å²) in [6.07, 6.45) is 3.08. The van der Waals surface area contributed by atoms with Crippen molar-refractivity contribution in [2.75, 3.05) is 13.7 Å². The summed E-state index contributed by atoms with van der Waals surface area (Å²) in [7, 11) is 1.45. The SMILES string of the molecule is COc1cc(=O)n(-c2ccc(C)cc2)nc1C(=O)N1CCCC[C@H]1C. The van der Waals surface area contributed by atoms with Gasteiger partial charge >= 0.3 is 0 Å². The van der Waals surface area contributed by atoms with E-state index in [4.69, 9.17) is 4.74 Å². The minimum absolute atomic E-state index is 0.160. The smallest absolute Gasteiger partial charge is 0.278 e. The van der Waals surface area contributed by atoms with E-state index >= 15 is 0 Å². The van der Waals surface area contributed by atoms with Crippen molar-refractivity contribution >= 4 is 5.91 Å². The van der Waals surface area contributed by atoms with E-state index in [-0.39, 0.29) is 29.0 Å². The second-order valence-corrected chi connectivity index (χ2v) is 6.49. The van der Waals surface area contributed by atoms with E-state index in [0.717, 1.165) is 24.8 Å². The molecule has 132 valence electrons. The lowest BCUT2D eigenvalue weighted by Gasteiger charge is -2.33. The second-order valence-electron chi connectivity index (χ2n) is 6.49. The zero-order valence-electron chi connectivity index (χ0n) is 14.9. The summed E-state index contributed by atoms with van der Waals surface area (Å²) >= 11 is 0. The molecule has 0 bridgehead atoms. The Hall–Kier alpha value is -2.63. The van der Waals surface area contributed by atoms with Crippen LogP contribution in [0.2, 0.25) is 0 Å². The minimum atomic E-state index is -0.330. The average molecular weight is 341 g/mol. The maximum Gasteiger partial charge on any atom is 0.278 e. The fraction of sp³-hybridized carbons (Fsp3) is 0.421. The van der Waals surface area contributed by atoms with E-state index in [1.807, 2.05) is 43.0 Å². The molecule has 1 amide bonds. The quantitative estimate of drug-likeness (QED) is 0.861. The average Bonchev–Trinajstić information content (AvgIpc) is 2.62. The number of aryl methyl sites for hydroxylation is 1. The van der Waals surface area contributed by atoms with Crippen molar-refractivity contribution in [1.29, 1.82) is 0 Å². The molecule has 25 heavy (non-hydrogen) atoms. The highest BCUT2D eigenvalue weighted by Gasteiger charge is 2.28. The molecule has 1 aromatic carbocycles. The molecule has 0 unspecified atom stereocenters. The first-order valence-electron chi connectivity index (χ1n) is 8.57. The van der Waals surface area contributed by atoms with Gasteiger partial charge in [0.25, 0.3) is 11.5 Å². The van der Waals surface area contributed by atoms with Crippen molar-refractivity contribution < 1.29 is 9.53 Å². The van der Waals surface area contributed by atoms with Gasteiger partial charge in [0, 0.05) is 12.6 Å². The molecule has 0 saturated carbocycles. The van der Waals surface area contributed by atoms with Crippen LogP contribution in [-0.2, 0) is 0 Å². The van der Waals surface area contributed by atoms with Crippen molar-refractivity contribution in [3.05, 3.63) is 51.9 Å². The molecule has 0 aliphatic carbocycles. The van der Waals surface area contributed by atoms with Crippen LogP contribution in [0.15, 0.2) is 35.1 Å². The summed E-state index contributed by atoms with van der Waals surface area (Å²) in [5.41, 5.74) is 1.56. The Balaban J connectivity index is 2.06. The van der Waals surface area contributed by atoms with Gasteiger partial charge in [-0.1, -0.05) is 17.7 Å². The molecule has 1 aliphatic rings. The number of benzene rings is 1. The molecule has 0 radical (unpaired) electrons. The molecule has 1 aromatic heterocycles. The van der Waals surface area contributed by atoms with Crippen LogP contribution < -0.4 is 10.3 Å². The number of hydrogen-bond acceptors (Lipinski definition) is 4. The molecule has 1 aliphatic heterocycles. The van der Waals surface area contributed by atoms with Crippen LogP contribution in [-0.4, -0.2) is 40.3 Å². The number of likely N-dealkylation sites (tertiary alicyclic amines) is 1. The predicted octanol–water partition coefficient (Wildman–Crippen LogP) is 2.56. The molecule has 1 saturated heterocycles. The zero-order chi connectivity index (χ0) is 18.0. The van der Waals surface area contributed by atoms with Crippen molar-refractivity contribution in [2.45, 2.75) is 39.2 Å². The molecular weight excluding hydrogens is 318 g/mol. The van der Waals surface area contributed by atoms with E-state index < -0.39 is 0 Å². The topological polar surface area (TPSA) is 64.4 Å². The molecule has 3 rings (SSSR count). The van der Waals surface area contributed by atoms with Crippen molar-refractivity contribution in [3.8, 4) is 11.4 Å². The van der Waals surface area contributed by atoms with Crippen LogP contribution in [0.5, 0.6) is 5.75 Å². The number of carbonyl (C=O) groups is 1.